The lowest BCUT2D eigenvalue weighted by Gasteiger charge is -2.08. The lowest BCUT2D eigenvalue weighted by atomic mass is 10.1. The number of carbonyl (C=O) groups is 2. The van der Waals surface area contributed by atoms with Gasteiger partial charge in [0, 0.05) is 6.54 Å². The van der Waals surface area contributed by atoms with Crippen molar-refractivity contribution in [2.45, 2.75) is 27.2 Å². The molecule has 0 aromatic heterocycles. The maximum atomic E-state index is 11.2. The van der Waals surface area contributed by atoms with Gasteiger partial charge in [0.05, 0.1) is 0 Å². The first-order chi connectivity index (χ1) is 6.34. The maximum absolute atomic E-state index is 11.2. The number of amides is 1. The second-order valence-corrected chi connectivity index (χ2v) is 4.69. The molecular weight excluding hydrogens is 182 g/mol. The standard InChI is InChI=1S/C10H17NO3/c1-6(9(13)14)8(12)11-5-7-4-10(7,2)3/h6-7H,4-5H2,1-3H3,(H,11,12)(H,13,14). The van der Waals surface area contributed by atoms with Crippen LogP contribution in [0.2, 0.25) is 0 Å². The van der Waals surface area contributed by atoms with Crippen molar-refractivity contribution in [2.75, 3.05) is 6.54 Å². The van der Waals surface area contributed by atoms with E-state index in [-0.39, 0.29) is 5.91 Å². The van der Waals surface area contributed by atoms with E-state index in [1.54, 1.807) is 0 Å². The molecule has 0 heterocycles. The molecule has 2 unspecified atom stereocenters. The molecule has 1 amide bonds. The first-order valence-corrected chi connectivity index (χ1v) is 4.85. The molecule has 4 nitrogen and oxygen atoms in total. The Morgan fingerprint density at radius 3 is 2.43 bits per heavy atom. The van der Waals surface area contributed by atoms with E-state index in [0.717, 1.165) is 6.42 Å². The second kappa shape index (κ2) is 3.59. The number of nitrogens with one attached hydrogen (secondary N) is 1. The molecule has 0 aliphatic heterocycles. The molecule has 2 atom stereocenters. The highest BCUT2D eigenvalue weighted by molar-refractivity contribution is 5.96. The predicted molar refractivity (Wildman–Crippen MR) is 51.7 cm³/mol. The molecule has 0 saturated heterocycles. The minimum atomic E-state index is -1.07. The summed E-state index contributed by atoms with van der Waals surface area (Å²) >= 11 is 0. The highest BCUT2D eigenvalue weighted by atomic mass is 16.4. The molecule has 0 bridgehead atoms. The van der Waals surface area contributed by atoms with Crippen LogP contribution < -0.4 is 5.32 Å². The third-order valence-corrected chi connectivity index (χ3v) is 3.00. The Morgan fingerprint density at radius 2 is 2.07 bits per heavy atom. The number of aliphatic carboxylic acids is 1. The van der Waals surface area contributed by atoms with Gasteiger partial charge in [0.25, 0.3) is 0 Å². The third-order valence-electron chi connectivity index (χ3n) is 3.00. The second-order valence-electron chi connectivity index (χ2n) is 4.69. The van der Waals surface area contributed by atoms with E-state index in [0.29, 0.717) is 17.9 Å². The van der Waals surface area contributed by atoms with Crippen LogP contribution in [0.25, 0.3) is 0 Å². The van der Waals surface area contributed by atoms with Crippen LogP contribution in [0.1, 0.15) is 27.2 Å². The van der Waals surface area contributed by atoms with Crippen LogP contribution in [-0.2, 0) is 9.59 Å². The molecular formula is C10H17NO3. The van der Waals surface area contributed by atoms with Crippen molar-refractivity contribution < 1.29 is 14.7 Å². The quantitative estimate of drug-likeness (QED) is 0.660. The molecule has 1 aliphatic carbocycles. The van der Waals surface area contributed by atoms with Crippen LogP contribution in [0.3, 0.4) is 0 Å². The van der Waals surface area contributed by atoms with E-state index in [2.05, 4.69) is 19.2 Å². The van der Waals surface area contributed by atoms with Crippen LogP contribution in [-0.4, -0.2) is 23.5 Å². The van der Waals surface area contributed by atoms with Crippen LogP contribution in [0.5, 0.6) is 0 Å². The smallest absolute Gasteiger partial charge is 0.315 e. The fourth-order valence-corrected chi connectivity index (χ4v) is 1.41. The van der Waals surface area contributed by atoms with E-state index in [1.807, 2.05) is 0 Å². The van der Waals surface area contributed by atoms with Crippen molar-refractivity contribution in [1.82, 2.24) is 5.32 Å². The molecule has 0 aromatic rings. The van der Waals surface area contributed by atoms with Gasteiger partial charge in [-0.1, -0.05) is 13.8 Å². The number of carboxylic acids is 1. The minimum absolute atomic E-state index is 0.319. The summed E-state index contributed by atoms with van der Waals surface area (Å²) in [5, 5.41) is 11.2. The summed E-state index contributed by atoms with van der Waals surface area (Å²) in [7, 11) is 0. The van der Waals surface area contributed by atoms with Gasteiger partial charge in [-0.3, -0.25) is 9.59 Å². The average molecular weight is 199 g/mol. The molecule has 1 rings (SSSR count). The van der Waals surface area contributed by atoms with Crippen molar-refractivity contribution in [3.8, 4) is 0 Å². The van der Waals surface area contributed by atoms with E-state index in [9.17, 15) is 9.59 Å². The minimum Gasteiger partial charge on any atom is -0.481 e. The fraction of sp³-hybridized carbons (Fsp3) is 0.800. The summed E-state index contributed by atoms with van der Waals surface area (Å²) in [4.78, 5) is 21.7. The van der Waals surface area contributed by atoms with Gasteiger partial charge in [-0.2, -0.15) is 0 Å². The molecule has 1 fully saturated rings. The highest BCUT2D eigenvalue weighted by Crippen LogP contribution is 2.50. The summed E-state index contributed by atoms with van der Waals surface area (Å²) in [6.45, 7) is 6.29. The summed E-state index contributed by atoms with van der Waals surface area (Å²) in [6.07, 6.45) is 1.11. The Morgan fingerprint density at radius 1 is 1.57 bits per heavy atom. The molecule has 80 valence electrons. The fourth-order valence-electron chi connectivity index (χ4n) is 1.41. The van der Waals surface area contributed by atoms with Crippen molar-refractivity contribution in [2.24, 2.45) is 17.3 Å². The van der Waals surface area contributed by atoms with Gasteiger partial charge in [0.15, 0.2) is 0 Å². The Bertz CT molecular complexity index is 260. The zero-order valence-corrected chi connectivity index (χ0v) is 8.83. The lowest BCUT2D eigenvalue weighted by molar-refractivity contribution is -0.146. The summed E-state index contributed by atoms with van der Waals surface area (Å²) in [6, 6.07) is 0. The van der Waals surface area contributed by atoms with E-state index in [4.69, 9.17) is 5.11 Å². The van der Waals surface area contributed by atoms with Crippen molar-refractivity contribution >= 4 is 11.9 Å². The average Bonchev–Trinajstić information content (AvgIpc) is 2.68. The monoisotopic (exact) mass is 199 g/mol. The van der Waals surface area contributed by atoms with Gasteiger partial charge in [0.2, 0.25) is 5.91 Å². The Balaban J connectivity index is 2.26. The first-order valence-electron chi connectivity index (χ1n) is 4.85. The SMILES string of the molecule is CC(C(=O)O)C(=O)NCC1CC1(C)C. The summed E-state index contributed by atoms with van der Waals surface area (Å²) < 4.78 is 0. The van der Waals surface area contributed by atoms with Crippen LogP contribution in [0.15, 0.2) is 0 Å². The largest absolute Gasteiger partial charge is 0.481 e. The number of hydrogen-bond acceptors (Lipinski definition) is 2. The number of carboxylic acid groups (broad SMARTS) is 1. The summed E-state index contributed by atoms with van der Waals surface area (Å²) in [5.74, 6) is -1.90. The van der Waals surface area contributed by atoms with Crippen molar-refractivity contribution in [1.29, 1.82) is 0 Å². The lowest BCUT2D eigenvalue weighted by Crippen LogP contribution is -2.35. The molecule has 14 heavy (non-hydrogen) atoms. The van der Waals surface area contributed by atoms with Crippen molar-refractivity contribution in [3.05, 3.63) is 0 Å². The number of rotatable bonds is 4. The molecule has 1 aliphatic rings. The van der Waals surface area contributed by atoms with Crippen LogP contribution >= 0.6 is 0 Å². The van der Waals surface area contributed by atoms with Crippen LogP contribution in [0, 0.1) is 17.3 Å². The van der Waals surface area contributed by atoms with E-state index in [1.165, 1.54) is 6.92 Å². The molecule has 0 aromatic carbocycles. The predicted octanol–water partition coefficient (Wildman–Crippen LogP) is 0.869. The Hall–Kier alpha value is -1.06. The highest BCUT2D eigenvalue weighted by Gasteiger charge is 2.45. The number of hydrogen-bond donors (Lipinski definition) is 2. The van der Waals surface area contributed by atoms with Gasteiger partial charge in [-0.05, 0) is 24.7 Å². The zero-order valence-electron chi connectivity index (χ0n) is 8.83. The van der Waals surface area contributed by atoms with Crippen molar-refractivity contribution in [3.63, 3.8) is 0 Å². The summed E-state index contributed by atoms with van der Waals surface area (Å²) in [5.41, 5.74) is 0.319. The molecule has 4 heteroatoms. The Labute approximate surface area is 83.7 Å². The Kier molecular flexibility index (Phi) is 2.83. The van der Waals surface area contributed by atoms with Gasteiger partial charge in [0.1, 0.15) is 5.92 Å². The third kappa shape index (κ3) is 2.47. The van der Waals surface area contributed by atoms with Gasteiger partial charge >= 0.3 is 5.97 Å². The maximum Gasteiger partial charge on any atom is 0.315 e. The van der Waals surface area contributed by atoms with Crippen LogP contribution in [0.4, 0.5) is 0 Å². The molecule has 0 spiro atoms. The van der Waals surface area contributed by atoms with Gasteiger partial charge < -0.3 is 10.4 Å². The van der Waals surface area contributed by atoms with E-state index >= 15 is 0 Å². The normalized spacial score (nSPS) is 25.2. The van der Waals surface area contributed by atoms with Gasteiger partial charge in [-0.25, -0.2) is 0 Å². The first kappa shape index (κ1) is 11.0. The van der Waals surface area contributed by atoms with E-state index < -0.39 is 11.9 Å². The molecule has 2 N–H and O–H groups in total. The van der Waals surface area contributed by atoms with Gasteiger partial charge in [-0.15, -0.1) is 0 Å². The molecule has 1 saturated carbocycles. The zero-order chi connectivity index (χ0) is 10.9. The topological polar surface area (TPSA) is 66.4 Å². The number of carbonyl (C=O) groups excluding carboxylic acids is 1. The molecule has 0 radical (unpaired) electrons.